The Bertz CT molecular complexity index is 596. The minimum Gasteiger partial charge on any atom is -0.353 e. The van der Waals surface area contributed by atoms with E-state index >= 15 is 0 Å². The predicted octanol–water partition coefficient (Wildman–Crippen LogP) is 5.75. The average Bonchev–Trinajstić information content (AvgIpc) is 2.98. The van der Waals surface area contributed by atoms with Gasteiger partial charge in [-0.1, -0.05) is 70.6 Å². The minimum atomic E-state index is -0.165. The molecule has 3 aliphatic rings. The molecule has 0 spiro atoms. The summed E-state index contributed by atoms with van der Waals surface area (Å²) < 4.78 is 0. The molecule has 182 valence electrons. The van der Waals surface area contributed by atoms with Crippen LogP contribution in [0.4, 0.5) is 0 Å². The van der Waals surface area contributed by atoms with E-state index in [4.69, 9.17) is 0 Å². The van der Waals surface area contributed by atoms with Gasteiger partial charge < -0.3 is 5.32 Å². The van der Waals surface area contributed by atoms with E-state index in [0.717, 1.165) is 32.1 Å². The van der Waals surface area contributed by atoms with Crippen molar-refractivity contribution in [1.29, 1.82) is 0 Å². The van der Waals surface area contributed by atoms with E-state index in [0.29, 0.717) is 30.7 Å². The fraction of sp³-hybridized carbons (Fsp3) is 0.885. The summed E-state index contributed by atoms with van der Waals surface area (Å²) in [7, 11) is 0. The highest BCUT2D eigenvalue weighted by molar-refractivity contribution is 8.01. The van der Waals surface area contributed by atoms with E-state index in [1.165, 1.54) is 81.9 Å². The molecule has 32 heavy (non-hydrogen) atoms. The van der Waals surface area contributed by atoms with Crippen molar-refractivity contribution in [3.8, 4) is 0 Å². The maximum Gasteiger partial charge on any atom is 0.242 e. The third kappa shape index (κ3) is 8.72. The molecule has 5 nitrogen and oxygen atoms in total. The highest BCUT2D eigenvalue weighted by Gasteiger charge is 2.39. The zero-order valence-corrected chi connectivity index (χ0v) is 20.8. The van der Waals surface area contributed by atoms with E-state index in [1.807, 2.05) is 0 Å². The largest absolute Gasteiger partial charge is 0.353 e. The number of nitrogens with one attached hydrogen (secondary N) is 1. The smallest absolute Gasteiger partial charge is 0.242 e. The topological polar surface area (TPSA) is 66.5 Å². The molecule has 1 N–H and O–H groups in total. The Morgan fingerprint density at radius 1 is 0.812 bits per heavy atom. The molecule has 1 saturated heterocycles. The molecule has 0 aromatic carbocycles. The van der Waals surface area contributed by atoms with Crippen LogP contribution in [0.3, 0.4) is 0 Å². The van der Waals surface area contributed by atoms with Crippen LogP contribution in [0, 0.1) is 0 Å². The van der Waals surface area contributed by atoms with Gasteiger partial charge in [-0.25, -0.2) is 0 Å². The van der Waals surface area contributed by atoms with E-state index in [-0.39, 0.29) is 23.0 Å². The molecule has 1 unspecified atom stereocenters. The average molecular weight is 465 g/mol. The number of carbonyl (C=O) groups is 3. The number of nitrogens with zero attached hydrogens (tertiary/aromatic N) is 1. The molecule has 3 amide bonds. The van der Waals surface area contributed by atoms with Crippen molar-refractivity contribution < 1.29 is 14.4 Å². The predicted molar refractivity (Wildman–Crippen MR) is 132 cm³/mol. The van der Waals surface area contributed by atoms with Crippen molar-refractivity contribution in [2.75, 3.05) is 6.54 Å². The van der Waals surface area contributed by atoms with Crippen LogP contribution in [0.2, 0.25) is 0 Å². The van der Waals surface area contributed by atoms with Gasteiger partial charge in [0.05, 0.1) is 5.25 Å². The number of hydrogen-bond acceptors (Lipinski definition) is 4. The molecule has 1 heterocycles. The van der Waals surface area contributed by atoms with Crippen LogP contribution >= 0.6 is 11.8 Å². The normalized spacial score (nSPS) is 24.6. The Morgan fingerprint density at radius 3 is 2.06 bits per heavy atom. The van der Waals surface area contributed by atoms with Gasteiger partial charge in [0.15, 0.2) is 0 Å². The van der Waals surface area contributed by atoms with Crippen molar-refractivity contribution in [2.24, 2.45) is 0 Å². The van der Waals surface area contributed by atoms with Gasteiger partial charge in [0, 0.05) is 30.7 Å². The fourth-order valence-corrected chi connectivity index (χ4v) is 6.97. The molecule has 3 rings (SSSR count). The molecular formula is C26H44N2O3S. The van der Waals surface area contributed by atoms with E-state index < -0.39 is 0 Å². The van der Waals surface area contributed by atoms with Crippen LogP contribution in [-0.4, -0.2) is 45.7 Å². The van der Waals surface area contributed by atoms with Crippen molar-refractivity contribution in [3.05, 3.63) is 0 Å². The zero-order valence-electron chi connectivity index (χ0n) is 20.0. The number of carbonyl (C=O) groups excluding carboxylic acids is 3. The van der Waals surface area contributed by atoms with Crippen molar-refractivity contribution in [1.82, 2.24) is 10.2 Å². The van der Waals surface area contributed by atoms with Gasteiger partial charge in [-0.05, 0) is 38.5 Å². The van der Waals surface area contributed by atoms with Crippen molar-refractivity contribution >= 4 is 29.5 Å². The van der Waals surface area contributed by atoms with Crippen LogP contribution in [0.1, 0.15) is 122 Å². The summed E-state index contributed by atoms with van der Waals surface area (Å²) in [5.41, 5.74) is 0. The number of unbranched alkanes of at least 4 members (excludes halogenated alkanes) is 2. The highest BCUT2D eigenvalue weighted by atomic mass is 32.2. The van der Waals surface area contributed by atoms with E-state index in [1.54, 1.807) is 11.8 Å². The third-order valence-corrected chi connectivity index (χ3v) is 8.92. The number of rotatable bonds is 9. The van der Waals surface area contributed by atoms with Crippen LogP contribution in [0.5, 0.6) is 0 Å². The van der Waals surface area contributed by atoms with Gasteiger partial charge in [0.1, 0.15) is 0 Å². The molecule has 6 heteroatoms. The first-order valence-electron chi connectivity index (χ1n) is 13.4. The Hall–Kier alpha value is -1.04. The maximum absolute atomic E-state index is 12.8. The zero-order chi connectivity index (χ0) is 22.6. The monoisotopic (exact) mass is 464 g/mol. The number of likely N-dealkylation sites (tertiary alicyclic amines) is 1. The van der Waals surface area contributed by atoms with E-state index in [2.05, 4.69) is 5.32 Å². The summed E-state index contributed by atoms with van der Waals surface area (Å²) in [5, 5.41) is 3.60. The lowest BCUT2D eigenvalue weighted by molar-refractivity contribution is -0.138. The minimum absolute atomic E-state index is 0.000342. The molecule has 0 aromatic rings. The van der Waals surface area contributed by atoms with Crippen LogP contribution < -0.4 is 5.32 Å². The quantitative estimate of drug-likeness (QED) is 0.348. The second-order valence-corrected chi connectivity index (χ2v) is 11.6. The second kappa shape index (κ2) is 14.3. The van der Waals surface area contributed by atoms with Gasteiger partial charge >= 0.3 is 0 Å². The third-order valence-electron chi connectivity index (χ3n) is 7.37. The molecule has 2 aliphatic carbocycles. The summed E-state index contributed by atoms with van der Waals surface area (Å²) in [6.45, 7) is 0.517. The van der Waals surface area contributed by atoms with Gasteiger partial charge in [-0.2, -0.15) is 0 Å². The summed E-state index contributed by atoms with van der Waals surface area (Å²) in [6, 6.07) is 0.356. The molecule has 0 bridgehead atoms. The molecule has 2 saturated carbocycles. The molecule has 0 aromatic heterocycles. The van der Waals surface area contributed by atoms with Crippen molar-refractivity contribution in [2.45, 2.75) is 139 Å². The van der Waals surface area contributed by atoms with Gasteiger partial charge in [0.25, 0.3) is 0 Å². The summed E-state index contributed by atoms with van der Waals surface area (Å²) in [4.78, 5) is 39.0. The standard InChI is InChI=1S/C26H44N2O3S/c29-24(27-21-14-8-3-1-4-9-15-21)18-12-7-13-19-28-25(30)20-23(26(28)31)32-22-16-10-5-2-6-11-17-22/h21-23H,1-20H2,(H,27,29). The first kappa shape index (κ1) is 25.6. The molecular weight excluding hydrogens is 420 g/mol. The summed E-state index contributed by atoms with van der Waals surface area (Å²) >= 11 is 1.77. The lowest BCUT2D eigenvalue weighted by Gasteiger charge is -2.22. The summed E-state index contributed by atoms with van der Waals surface area (Å²) in [5.74, 6) is 0.198. The van der Waals surface area contributed by atoms with Crippen molar-refractivity contribution in [3.63, 3.8) is 0 Å². The maximum atomic E-state index is 12.8. The number of amides is 3. The fourth-order valence-electron chi connectivity index (χ4n) is 5.41. The number of hydrogen-bond donors (Lipinski definition) is 1. The molecule has 1 aliphatic heterocycles. The first-order chi connectivity index (χ1) is 15.6. The van der Waals surface area contributed by atoms with Crippen LogP contribution in [0.25, 0.3) is 0 Å². The van der Waals surface area contributed by atoms with Crippen LogP contribution in [-0.2, 0) is 14.4 Å². The Morgan fingerprint density at radius 2 is 1.41 bits per heavy atom. The van der Waals surface area contributed by atoms with Crippen LogP contribution in [0.15, 0.2) is 0 Å². The Kier molecular flexibility index (Phi) is 11.4. The van der Waals surface area contributed by atoms with Gasteiger partial charge in [-0.15, -0.1) is 11.8 Å². The second-order valence-electron chi connectivity index (χ2n) is 10.1. The lowest BCUT2D eigenvalue weighted by Crippen LogP contribution is -2.35. The Balaban J connectivity index is 1.30. The summed E-state index contributed by atoms with van der Waals surface area (Å²) in [6.07, 6.45) is 20.9. The molecule has 0 radical (unpaired) electrons. The first-order valence-corrected chi connectivity index (χ1v) is 14.4. The molecule has 3 fully saturated rings. The van der Waals surface area contributed by atoms with Gasteiger partial charge in [0.2, 0.25) is 17.7 Å². The number of imide groups is 1. The highest BCUT2D eigenvalue weighted by Crippen LogP contribution is 2.34. The van der Waals surface area contributed by atoms with Gasteiger partial charge in [-0.3, -0.25) is 19.3 Å². The number of thioether (sulfide) groups is 1. The van der Waals surface area contributed by atoms with E-state index in [9.17, 15) is 14.4 Å². The lowest BCUT2D eigenvalue weighted by atomic mass is 9.96. The Labute approximate surface area is 199 Å². The molecule has 1 atom stereocenters. The SMILES string of the molecule is O=C(CCCCCN1C(=O)CC(SC2CCCCCCC2)C1=O)NC1CCCCCCC1.